The number of anilines is 1. The average molecular weight is 372 g/mol. The van der Waals surface area contributed by atoms with E-state index >= 15 is 0 Å². The Morgan fingerprint density at radius 2 is 1.96 bits per heavy atom. The zero-order valence-corrected chi connectivity index (χ0v) is 15.0. The Kier molecular flexibility index (Phi) is 5.52. The lowest BCUT2D eigenvalue weighted by Gasteiger charge is -2.12. The highest BCUT2D eigenvalue weighted by Crippen LogP contribution is 2.27. The number of halogens is 1. The van der Waals surface area contributed by atoms with E-state index in [1.165, 1.54) is 17.8 Å². The molecule has 26 heavy (non-hydrogen) atoms. The molecule has 6 nitrogen and oxygen atoms in total. The number of hydrogen-bond acceptors (Lipinski definition) is 5. The van der Waals surface area contributed by atoms with Gasteiger partial charge in [-0.05, 0) is 31.2 Å². The molecule has 8 heteroatoms. The number of H-pyrrole nitrogens is 1. The molecular formula is C18H17FN4O2S. The minimum atomic E-state index is -0.454. The van der Waals surface area contributed by atoms with Crippen LogP contribution in [0.4, 0.5) is 10.1 Å². The highest BCUT2D eigenvalue weighted by molar-refractivity contribution is 8.00. The van der Waals surface area contributed by atoms with Crippen LogP contribution in [0.15, 0.2) is 53.7 Å². The van der Waals surface area contributed by atoms with Gasteiger partial charge in [0.1, 0.15) is 11.6 Å². The number of hydrogen-bond donors (Lipinski definition) is 2. The Balaban J connectivity index is 1.67. The number of nitrogens with one attached hydrogen (secondary N) is 2. The summed E-state index contributed by atoms with van der Waals surface area (Å²) in [6, 6.07) is 13.5. The van der Waals surface area contributed by atoms with Gasteiger partial charge in [-0.1, -0.05) is 36.0 Å². The standard InChI is InChI=1S/C18H17FN4O2S/c1-11(17(24)20-14-9-5-6-10-15(14)25-2)26-18-21-16(22-23-18)12-7-3-4-8-13(12)19/h3-11H,1-2H3,(H,20,24)(H,21,22,23)/t11-/m0/s1. The third kappa shape index (κ3) is 4.02. The maximum absolute atomic E-state index is 13.8. The zero-order chi connectivity index (χ0) is 18.5. The van der Waals surface area contributed by atoms with Crippen molar-refractivity contribution >= 4 is 23.4 Å². The predicted octanol–water partition coefficient (Wildman–Crippen LogP) is 3.74. The van der Waals surface area contributed by atoms with Crippen molar-refractivity contribution in [1.82, 2.24) is 15.2 Å². The number of carbonyl (C=O) groups excluding carboxylic acids is 1. The Morgan fingerprint density at radius 3 is 2.73 bits per heavy atom. The number of methoxy groups -OCH3 is 1. The van der Waals surface area contributed by atoms with Crippen molar-refractivity contribution in [1.29, 1.82) is 0 Å². The number of aromatic nitrogens is 3. The summed E-state index contributed by atoms with van der Waals surface area (Å²) in [6.45, 7) is 1.74. The van der Waals surface area contributed by atoms with Crippen molar-refractivity contribution in [2.45, 2.75) is 17.3 Å². The molecular weight excluding hydrogens is 355 g/mol. The van der Waals surface area contributed by atoms with E-state index < -0.39 is 5.25 Å². The summed E-state index contributed by atoms with van der Waals surface area (Å²) in [6.07, 6.45) is 0. The number of thioether (sulfide) groups is 1. The van der Waals surface area contributed by atoms with Gasteiger partial charge in [0.2, 0.25) is 11.1 Å². The lowest BCUT2D eigenvalue weighted by Crippen LogP contribution is -2.22. The molecule has 0 unspecified atom stereocenters. The summed E-state index contributed by atoms with van der Waals surface area (Å²) in [4.78, 5) is 16.7. The van der Waals surface area contributed by atoms with Crippen LogP contribution in [0.25, 0.3) is 11.4 Å². The normalized spacial score (nSPS) is 11.8. The number of amides is 1. The molecule has 0 radical (unpaired) electrons. The number of nitrogens with zero attached hydrogens (tertiary/aromatic N) is 2. The second-order valence-electron chi connectivity index (χ2n) is 5.40. The Morgan fingerprint density at radius 1 is 1.23 bits per heavy atom. The third-order valence-corrected chi connectivity index (χ3v) is 4.57. The Labute approximate surface area is 154 Å². The molecule has 0 saturated heterocycles. The van der Waals surface area contributed by atoms with E-state index in [4.69, 9.17) is 4.74 Å². The molecule has 1 aromatic heterocycles. The van der Waals surface area contributed by atoms with Gasteiger partial charge in [-0.2, -0.15) is 0 Å². The molecule has 134 valence electrons. The van der Waals surface area contributed by atoms with E-state index in [0.717, 1.165) is 0 Å². The van der Waals surface area contributed by atoms with E-state index in [2.05, 4.69) is 20.5 Å². The predicted molar refractivity (Wildman–Crippen MR) is 98.7 cm³/mol. The van der Waals surface area contributed by atoms with Crippen LogP contribution < -0.4 is 10.1 Å². The zero-order valence-electron chi connectivity index (χ0n) is 14.2. The van der Waals surface area contributed by atoms with Gasteiger partial charge >= 0.3 is 0 Å². The molecule has 3 rings (SSSR count). The van der Waals surface area contributed by atoms with Crippen molar-refractivity contribution in [2.24, 2.45) is 0 Å². The first-order chi connectivity index (χ1) is 12.6. The average Bonchev–Trinajstić information content (AvgIpc) is 3.10. The monoisotopic (exact) mass is 372 g/mol. The highest BCUT2D eigenvalue weighted by atomic mass is 32.2. The number of rotatable bonds is 6. The van der Waals surface area contributed by atoms with Crippen molar-refractivity contribution in [2.75, 3.05) is 12.4 Å². The van der Waals surface area contributed by atoms with Crippen LogP contribution in [0.5, 0.6) is 5.75 Å². The molecule has 0 spiro atoms. The number of carbonyl (C=O) groups is 1. The van der Waals surface area contributed by atoms with Crippen LogP contribution in [0.1, 0.15) is 6.92 Å². The smallest absolute Gasteiger partial charge is 0.237 e. The molecule has 0 aliphatic rings. The first-order valence-corrected chi connectivity index (χ1v) is 8.74. The maximum Gasteiger partial charge on any atom is 0.237 e. The molecule has 0 saturated carbocycles. The number of benzene rings is 2. The molecule has 3 aromatic rings. The lowest BCUT2D eigenvalue weighted by molar-refractivity contribution is -0.115. The van der Waals surface area contributed by atoms with Gasteiger partial charge in [0.05, 0.1) is 23.6 Å². The van der Waals surface area contributed by atoms with E-state index in [9.17, 15) is 9.18 Å². The van der Waals surface area contributed by atoms with Crippen LogP contribution in [0.3, 0.4) is 0 Å². The van der Waals surface area contributed by atoms with E-state index in [0.29, 0.717) is 28.0 Å². The molecule has 2 N–H and O–H groups in total. The maximum atomic E-state index is 13.8. The van der Waals surface area contributed by atoms with Crippen molar-refractivity contribution in [3.63, 3.8) is 0 Å². The van der Waals surface area contributed by atoms with Gasteiger partial charge in [-0.3, -0.25) is 9.89 Å². The quantitative estimate of drug-likeness (QED) is 0.645. The first-order valence-electron chi connectivity index (χ1n) is 7.86. The summed E-state index contributed by atoms with van der Waals surface area (Å²) < 4.78 is 19.0. The Bertz CT molecular complexity index is 915. The van der Waals surface area contributed by atoms with Gasteiger partial charge in [-0.25, -0.2) is 9.37 Å². The topological polar surface area (TPSA) is 79.9 Å². The molecule has 0 fully saturated rings. The van der Waals surface area contributed by atoms with Crippen LogP contribution in [0.2, 0.25) is 0 Å². The minimum absolute atomic E-state index is 0.211. The molecule has 0 bridgehead atoms. The summed E-state index contributed by atoms with van der Waals surface area (Å²) >= 11 is 1.18. The van der Waals surface area contributed by atoms with Crippen LogP contribution in [-0.2, 0) is 4.79 Å². The van der Waals surface area contributed by atoms with Crippen molar-refractivity contribution < 1.29 is 13.9 Å². The van der Waals surface area contributed by atoms with Crippen molar-refractivity contribution in [3.8, 4) is 17.1 Å². The van der Waals surface area contributed by atoms with E-state index in [1.54, 1.807) is 44.4 Å². The number of para-hydroxylation sites is 2. The molecule has 2 aromatic carbocycles. The van der Waals surface area contributed by atoms with Gasteiger partial charge in [0.25, 0.3) is 0 Å². The van der Waals surface area contributed by atoms with Crippen LogP contribution >= 0.6 is 11.8 Å². The summed E-state index contributed by atoms with van der Waals surface area (Å²) in [5, 5.41) is 9.48. The van der Waals surface area contributed by atoms with Crippen LogP contribution in [-0.4, -0.2) is 33.4 Å². The molecule has 1 amide bonds. The van der Waals surface area contributed by atoms with Gasteiger partial charge in [-0.15, -0.1) is 5.10 Å². The Hall–Kier alpha value is -2.87. The fourth-order valence-electron chi connectivity index (χ4n) is 2.27. The van der Waals surface area contributed by atoms with E-state index in [-0.39, 0.29) is 11.7 Å². The molecule has 0 aliphatic heterocycles. The van der Waals surface area contributed by atoms with Crippen LogP contribution in [0, 0.1) is 5.82 Å². The fraction of sp³-hybridized carbons (Fsp3) is 0.167. The third-order valence-electron chi connectivity index (χ3n) is 3.61. The summed E-state index contributed by atoms with van der Waals surface area (Å²) in [5.41, 5.74) is 0.924. The summed E-state index contributed by atoms with van der Waals surface area (Å²) in [7, 11) is 1.54. The van der Waals surface area contributed by atoms with Gasteiger partial charge in [0.15, 0.2) is 5.82 Å². The van der Waals surface area contributed by atoms with Gasteiger partial charge in [0, 0.05) is 0 Å². The number of ether oxygens (including phenoxy) is 1. The highest BCUT2D eigenvalue weighted by Gasteiger charge is 2.19. The van der Waals surface area contributed by atoms with Crippen molar-refractivity contribution in [3.05, 3.63) is 54.3 Å². The fourth-order valence-corrected chi connectivity index (χ4v) is 2.99. The first kappa shape index (κ1) is 17.9. The SMILES string of the molecule is COc1ccccc1NC(=O)[C@H](C)Sc1n[nH]c(-c2ccccc2F)n1. The lowest BCUT2D eigenvalue weighted by atomic mass is 10.2. The summed E-state index contributed by atoms with van der Waals surface area (Å²) in [5.74, 6) is 0.305. The largest absolute Gasteiger partial charge is 0.495 e. The second kappa shape index (κ2) is 8.01. The molecule has 1 heterocycles. The second-order valence-corrected chi connectivity index (χ2v) is 6.70. The minimum Gasteiger partial charge on any atom is -0.495 e. The van der Waals surface area contributed by atoms with E-state index in [1.807, 2.05) is 12.1 Å². The molecule has 1 atom stereocenters. The molecule has 0 aliphatic carbocycles. The number of aromatic amines is 1. The van der Waals surface area contributed by atoms with Gasteiger partial charge < -0.3 is 10.1 Å².